The van der Waals surface area contributed by atoms with E-state index in [0.717, 1.165) is 23.9 Å². The van der Waals surface area contributed by atoms with Crippen LogP contribution in [0.4, 0.5) is 5.69 Å². The van der Waals surface area contributed by atoms with Crippen molar-refractivity contribution in [1.82, 2.24) is 4.90 Å². The number of thiophene rings is 1. The average Bonchev–Trinajstić information content (AvgIpc) is 3.12. The van der Waals surface area contributed by atoms with E-state index in [4.69, 9.17) is 12.2 Å². The van der Waals surface area contributed by atoms with Crippen LogP contribution in [0, 0.1) is 13.8 Å². The Bertz CT molecular complexity index is 826. The summed E-state index contributed by atoms with van der Waals surface area (Å²) in [6.45, 7) is 5.84. The number of nitrogens with zero attached hydrogens (tertiary/aromatic N) is 1. The van der Waals surface area contributed by atoms with E-state index in [9.17, 15) is 0 Å². The van der Waals surface area contributed by atoms with Crippen LogP contribution in [0.3, 0.4) is 0 Å². The maximum Gasteiger partial charge on any atom is 0.174 e. The van der Waals surface area contributed by atoms with E-state index < -0.39 is 0 Å². The third-order valence-corrected chi connectivity index (χ3v) is 5.41. The lowest BCUT2D eigenvalue weighted by Crippen LogP contribution is -2.33. The molecule has 2 nitrogen and oxygen atoms in total. The number of benzene rings is 2. The molecule has 1 aromatic heterocycles. The molecule has 1 N–H and O–H groups in total. The van der Waals surface area contributed by atoms with Crippen LogP contribution < -0.4 is 5.32 Å². The minimum atomic E-state index is 0.750. The van der Waals surface area contributed by atoms with E-state index in [1.165, 1.54) is 21.6 Å². The van der Waals surface area contributed by atoms with Crippen LogP contribution in [-0.2, 0) is 13.1 Å². The Balaban J connectivity index is 1.77. The molecule has 128 valence electrons. The second-order valence-corrected chi connectivity index (χ2v) is 7.57. The number of hydrogen-bond acceptors (Lipinski definition) is 2. The predicted molar refractivity (Wildman–Crippen MR) is 112 cm³/mol. The van der Waals surface area contributed by atoms with Crippen LogP contribution >= 0.6 is 23.6 Å². The molecule has 3 rings (SSSR count). The number of rotatable bonds is 5. The molecule has 0 saturated carbocycles. The first-order valence-corrected chi connectivity index (χ1v) is 9.60. The van der Waals surface area contributed by atoms with Gasteiger partial charge in [0.2, 0.25) is 0 Å². The Morgan fingerprint density at radius 3 is 2.44 bits per heavy atom. The van der Waals surface area contributed by atoms with Crippen molar-refractivity contribution in [3.8, 4) is 0 Å². The van der Waals surface area contributed by atoms with E-state index in [1.54, 1.807) is 11.3 Å². The summed E-state index contributed by atoms with van der Waals surface area (Å²) in [6, 6.07) is 21.0. The smallest absolute Gasteiger partial charge is 0.174 e. The summed E-state index contributed by atoms with van der Waals surface area (Å²) in [6.07, 6.45) is 0. The van der Waals surface area contributed by atoms with E-state index >= 15 is 0 Å². The zero-order chi connectivity index (χ0) is 17.6. The van der Waals surface area contributed by atoms with Gasteiger partial charge in [-0.1, -0.05) is 42.5 Å². The van der Waals surface area contributed by atoms with Gasteiger partial charge in [-0.15, -0.1) is 11.3 Å². The molecule has 2 aromatic carbocycles. The maximum absolute atomic E-state index is 5.73. The summed E-state index contributed by atoms with van der Waals surface area (Å²) in [4.78, 5) is 3.52. The van der Waals surface area contributed by atoms with Crippen LogP contribution in [0.25, 0.3) is 0 Å². The molecule has 0 aliphatic heterocycles. The van der Waals surface area contributed by atoms with Crippen molar-refractivity contribution < 1.29 is 0 Å². The summed E-state index contributed by atoms with van der Waals surface area (Å²) in [5.74, 6) is 0. The van der Waals surface area contributed by atoms with Crippen LogP contribution in [0.2, 0.25) is 0 Å². The quantitative estimate of drug-likeness (QED) is 0.578. The highest BCUT2D eigenvalue weighted by atomic mass is 32.1. The molecule has 0 aliphatic rings. The fourth-order valence-corrected chi connectivity index (χ4v) is 3.58. The van der Waals surface area contributed by atoms with Gasteiger partial charge >= 0.3 is 0 Å². The number of aryl methyl sites for hydroxylation is 2. The summed E-state index contributed by atoms with van der Waals surface area (Å²) in [7, 11) is 0. The Morgan fingerprint density at radius 2 is 1.76 bits per heavy atom. The van der Waals surface area contributed by atoms with Crippen molar-refractivity contribution in [2.45, 2.75) is 26.9 Å². The van der Waals surface area contributed by atoms with Crippen LogP contribution in [0.5, 0.6) is 0 Å². The molecule has 0 amide bonds. The van der Waals surface area contributed by atoms with Crippen molar-refractivity contribution in [2.24, 2.45) is 0 Å². The first-order chi connectivity index (χ1) is 12.1. The highest BCUT2D eigenvalue weighted by molar-refractivity contribution is 7.80. The lowest BCUT2D eigenvalue weighted by atomic mass is 10.1. The van der Waals surface area contributed by atoms with E-state index in [1.807, 2.05) is 6.07 Å². The Labute approximate surface area is 159 Å². The second-order valence-electron chi connectivity index (χ2n) is 6.15. The topological polar surface area (TPSA) is 15.3 Å². The standard InChI is InChI=1S/C21H22N2S2/c1-16-10-11-19(13-17(16)2)22-21(24)23(15-20-9-6-12-25-20)14-18-7-4-3-5-8-18/h3-13H,14-15H2,1-2H3,(H,22,24). The molecule has 25 heavy (non-hydrogen) atoms. The van der Waals surface area contributed by atoms with Crippen molar-refractivity contribution in [3.63, 3.8) is 0 Å². The molecule has 1 heterocycles. The third-order valence-electron chi connectivity index (χ3n) is 4.19. The van der Waals surface area contributed by atoms with E-state index in [0.29, 0.717) is 0 Å². The molecule has 0 radical (unpaired) electrons. The van der Waals surface area contributed by atoms with Gasteiger partial charge in [0, 0.05) is 17.1 Å². The zero-order valence-corrected chi connectivity index (χ0v) is 16.2. The number of thiocarbonyl (C=S) groups is 1. The first kappa shape index (κ1) is 17.6. The number of hydrogen-bond donors (Lipinski definition) is 1. The highest BCUT2D eigenvalue weighted by Gasteiger charge is 2.12. The Morgan fingerprint density at radius 1 is 0.960 bits per heavy atom. The average molecular weight is 367 g/mol. The SMILES string of the molecule is Cc1ccc(NC(=S)N(Cc2ccccc2)Cc2cccs2)cc1C. The highest BCUT2D eigenvalue weighted by Crippen LogP contribution is 2.18. The fourth-order valence-electron chi connectivity index (χ4n) is 2.62. The van der Waals surface area contributed by atoms with Gasteiger partial charge in [0.25, 0.3) is 0 Å². The van der Waals surface area contributed by atoms with E-state index in [-0.39, 0.29) is 0 Å². The monoisotopic (exact) mass is 366 g/mol. The zero-order valence-electron chi connectivity index (χ0n) is 14.5. The molecule has 0 saturated heterocycles. The van der Waals surface area contributed by atoms with Gasteiger partial charge < -0.3 is 10.2 Å². The summed E-state index contributed by atoms with van der Waals surface area (Å²) in [5.41, 5.74) is 4.84. The molecule has 4 heteroatoms. The lowest BCUT2D eigenvalue weighted by Gasteiger charge is -2.26. The molecule has 0 bridgehead atoms. The molecular formula is C21H22N2S2. The van der Waals surface area contributed by atoms with Crippen molar-refractivity contribution in [2.75, 3.05) is 5.32 Å². The summed E-state index contributed by atoms with van der Waals surface area (Å²) >= 11 is 7.49. The van der Waals surface area contributed by atoms with Crippen molar-refractivity contribution in [3.05, 3.63) is 87.6 Å². The normalized spacial score (nSPS) is 10.5. The molecule has 0 unspecified atom stereocenters. The minimum absolute atomic E-state index is 0.750. The van der Waals surface area contributed by atoms with Gasteiger partial charge in [-0.25, -0.2) is 0 Å². The van der Waals surface area contributed by atoms with Gasteiger partial charge in [0.05, 0.1) is 6.54 Å². The molecular weight excluding hydrogens is 344 g/mol. The van der Waals surface area contributed by atoms with Crippen molar-refractivity contribution in [1.29, 1.82) is 0 Å². The van der Waals surface area contributed by atoms with Gasteiger partial charge in [0.1, 0.15) is 0 Å². The van der Waals surface area contributed by atoms with Crippen LogP contribution in [0.15, 0.2) is 66.0 Å². The van der Waals surface area contributed by atoms with Gasteiger partial charge in [-0.3, -0.25) is 0 Å². The summed E-state index contributed by atoms with van der Waals surface area (Å²) in [5, 5.41) is 6.26. The summed E-state index contributed by atoms with van der Waals surface area (Å²) < 4.78 is 0. The fraction of sp³-hybridized carbons (Fsp3) is 0.190. The van der Waals surface area contributed by atoms with Crippen molar-refractivity contribution >= 4 is 34.4 Å². The largest absolute Gasteiger partial charge is 0.340 e. The second kappa shape index (κ2) is 8.28. The minimum Gasteiger partial charge on any atom is -0.340 e. The first-order valence-electron chi connectivity index (χ1n) is 8.31. The van der Waals surface area contributed by atoms with Gasteiger partial charge in [-0.05, 0) is 66.3 Å². The molecule has 3 aromatic rings. The lowest BCUT2D eigenvalue weighted by molar-refractivity contribution is 0.416. The number of nitrogens with one attached hydrogen (secondary N) is 1. The van der Waals surface area contributed by atoms with Gasteiger partial charge in [-0.2, -0.15) is 0 Å². The Kier molecular flexibility index (Phi) is 5.84. The molecule has 0 spiro atoms. The predicted octanol–water partition coefficient (Wildman–Crippen LogP) is 5.76. The van der Waals surface area contributed by atoms with Crippen LogP contribution in [-0.4, -0.2) is 10.0 Å². The van der Waals surface area contributed by atoms with Crippen LogP contribution in [0.1, 0.15) is 21.6 Å². The number of anilines is 1. The molecule has 0 aliphatic carbocycles. The molecule has 0 fully saturated rings. The third kappa shape index (κ3) is 4.91. The van der Waals surface area contributed by atoms with E-state index in [2.05, 4.69) is 84.0 Å². The maximum atomic E-state index is 5.73. The molecule has 0 atom stereocenters. The Hall–Kier alpha value is -2.17. The van der Waals surface area contributed by atoms with Gasteiger partial charge in [0.15, 0.2) is 5.11 Å².